The van der Waals surface area contributed by atoms with E-state index in [1.54, 1.807) is 26.0 Å². The molecule has 2 aromatic heterocycles. The molecule has 0 unspecified atom stereocenters. The van der Waals surface area contributed by atoms with Crippen LogP contribution in [0.4, 0.5) is 5.13 Å². The minimum absolute atomic E-state index is 0.299. The number of ether oxygens (including phenoxy) is 1. The lowest BCUT2D eigenvalue weighted by Gasteiger charge is -2.01. The molecule has 6 nitrogen and oxygen atoms in total. The molecule has 2 heterocycles. The molecule has 0 aliphatic heterocycles. The zero-order chi connectivity index (χ0) is 15.4. The van der Waals surface area contributed by atoms with Crippen molar-refractivity contribution in [3.8, 4) is 0 Å². The predicted molar refractivity (Wildman–Crippen MR) is 79.7 cm³/mol. The van der Waals surface area contributed by atoms with Crippen LogP contribution in [0.15, 0.2) is 18.3 Å². The fourth-order valence-electron chi connectivity index (χ4n) is 1.61. The standard InChI is InChI=1S/C14H15N3O3S/c1-4-20-13(19)11-9(3)16-14(21-11)17-12(18)10-6-5-8(2)15-7-10/h5-7H,4H2,1-3H3,(H,16,17,18). The van der Waals surface area contributed by atoms with Crippen molar-refractivity contribution in [2.45, 2.75) is 20.8 Å². The van der Waals surface area contributed by atoms with Gasteiger partial charge in [-0.15, -0.1) is 0 Å². The summed E-state index contributed by atoms with van der Waals surface area (Å²) in [4.78, 5) is 32.4. The summed E-state index contributed by atoms with van der Waals surface area (Å²) >= 11 is 1.10. The number of aryl methyl sites for hydroxylation is 2. The third-order valence-corrected chi connectivity index (χ3v) is 3.70. The lowest BCUT2D eigenvalue weighted by Crippen LogP contribution is -2.12. The number of pyridine rings is 1. The summed E-state index contributed by atoms with van der Waals surface area (Å²) in [5.74, 6) is -0.739. The number of amides is 1. The smallest absolute Gasteiger partial charge is 0.350 e. The number of rotatable bonds is 4. The third kappa shape index (κ3) is 3.63. The Morgan fingerprint density at radius 1 is 1.33 bits per heavy atom. The molecular weight excluding hydrogens is 290 g/mol. The van der Waals surface area contributed by atoms with E-state index in [-0.39, 0.29) is 5.91 Å². The lowest BCUT2D eigenvalue weighted by molar-refractivity contribution is 0.0531. The molecule has 0 aliphatic carbocycles. The average molecular weight is 305 g/mol. The first-order chi connectivity index (χ1) is 10.0. The molecule has 1 N–H and O–H groups in total. The van der Waals surface area contributed by atoms with E-state index in [4.69, 9.17) is 4.74 Å². The van der Waals surface area contributed by atoms with Crippen LogP contribution in [0.3, 0.4) is 0 Å². The molecule has 21 heavy (non-hydrogen) atoms. The van der Waals surface area contributed by atoms with E-state index in [0.717, 1.165) is 17.0 Å². The van der Waals surface area contributed by atoms with Crippen LogP contribution in [0.5, 0.6) is 0 Å². The average Bonchev–Trinajstić information content (AvgIpc) is 2.80. The minimum Gasteiger partial charge on any atom is -0.462 e. The lowest BCUT2D eigenvalue weighted by atomic mass is 10.2. The molecule has 7 heteroatoms. The van der Waals surface area contributed by atoms with Crippen molar-refractivity contribution < 1.29 is 14.3 Å². The molecule has 1 amide bonds. The molecule has 0 aromatic carbocycles. The Morgan fingerprint density at radius 3 is 2.71 bits per heavy atom. The van der Waals surface area contributed by atoms with Crippen LogP contribution in [0, 0.1) is 13.8 Å². The number of nitrogens with zero attached hydrogens (tertiary/aromatic N) is 2. The molecule has 0 spiro atoms. The fourth-order valence-corrected chi connectivity index (χ4v) is 2.46. The van der Waals surface area contributed by atoms with Crippen LogP contribution in [0.1, 0.15) is 38.3 Å². The van der Waals surface area contributed by atoms with E-state index in [1.165, 1.54) is 6.20 Å². The van der Waals surface area contributed by atoms with Crippen LogP contribution in [-0.4, -0.2) is 28.5 Å². The van der Waals surface area contributed by atoms with Crippen LogP contribution >= 0.6 is 11.3 Å². The van der Waals surface area contributed by atoms with Crippen molar-refractivity contribution in [2.75, 3.05) is 11.9 Å². The molecule has 0 atom stereocenters. The zero-order valence-electron chi connectivity index (χ0n) is 12.0. The van der Waals surface area contributed by atoms with Crippen molar-refractivity contribution in [1.29, 1.82) is 0 Å². The first-order valence-corrected chi connectivity index (χ1v) is 7.21. The van der Waals surface area contributed by atoms with Gasteiger partial charge >= 0.3 is 5.97 Å². The molecule has 2 aromatic rings. The summed E-state index contributed by atoms with van der Waals surface area (Å²) in [6.45, 7) is 5.58. The SMILES string of the molecule is CCOC(=O)c1sc(NC(=O)c2ccc(C)nc2)nc1C. The van der Waals surface area contributed by atoms with Gasteiger partial charge < -0.3 is 4.74 Å². The van der Waals surface area contributed by atoms with Gasteiger partial charge in [0.2, 0.25) is 0 Å². The number of hydrogen-bond acceptors (Lipinski definition) is 6. The highest BCUT2D eigenvalue weighted by Gasteiger charge is 2.18. The van der Waals surface area contributed by atoms with Crippen molar-refractivity contribution in [2.24, 2.45) is 0 Å². The number of hydrogen-bond donors (Lipinski definition) is 1. The Bertz CT molecular complexity index is 665. The van der Waals surface area contributed by atoms with Gasteiger partial charge in [0.1, 0.15) is 4.88 Å². The third-order valence-electron chi connectivity index (χ3n) is 2.65. The number of nitrogens with one attached hydrogen (secondary N) is 1. The number of esters is 1. The second-order valence-corrected chi connectivity index (χ2v) is 5.30. The molecule has 0 saturated carbocycles. The second-order valence-electron chi connectivity index (χ2n) is 4.30. The van der Waals surface area contributed by atoms with Crippen molar-refractivity contribution in [3.63, 3.8) is 0 Å². The summed E-state index contributed by atoms with van der Waals surface area (Å²) in [5, 5.41) is 3.02. The van der Waals surface area contributed by atoms with E-state index in [1.807, 2.05) is 6.92 Å². The summed E-state index contributed by atoms with van der Waals surface area (Å²) in [7, 11) is 0. The van der Waals surface area contributed by atoms with Gasteiger partial charge in [0.15, 0.2) is 5.13 Å². The maximum Gasteiger partial charge on any atom is 0.350 e. The van der Waals surface area contributed by atoms with E-state index < -0.39 is 5.97 Å². The van der Waals surface area contributed by atoms with Gasteiger partial charge in [0, 0.05) is 11.9 Å². The highest BCUT2D eigenvalue weighted by atomic mass is 32.1. The van der Waals surface area contributed by atoms with Crippen LogP contribution in [0.2, 0.25) is 0 Å². The Labute approximate surface area is 126 Å². The highest BCUT2D eigenvalue weighted by Crippen LogP contribution is 2.23. The number of thiazole rings is 1. The second kappa shape index (κ2) is 6.45. The molecule has 0 saturated heterocycles. The maximum absolute atomic E-state index is 12.0. The van der Waals surface area contributed by atoms with Crippen LogP contribution in [-0.2, 0) is 4.74 Å². The molecule has 110 valence electrons. The minimum atomic E-state index is -0.426. The Morgan fingerprint density at radius 2 is 2.10 bits per heavy atom. The van der Waals surface area contributed by atoms with Gasteiger partial charge in [-0.1, -0.05) is 11.3 Å². The van der Waals surface area contributed by atoms with Crippen molar-refractivity contribution in [1.82, 2.24) is 9.97 Å². The zero-order valence-corrected chi connectivity index (χ0v) is 12.8. The molecule has 0 radical (unpaired) electrons. The monoisotopic (exact) mass is 305 g/mol. The topological polar surface area (TPSA) is 81.2 Å². The number of carbonyl (C=O) groups excluding carboxylic acids is 2. The van der Waals surface area contributed by atoms with E-state index in [9.17, 15) is 9.59 Å². The van der Waals surface area contributed by atoms with Gasteiger partial charge in [-0.3, -0.25) is 15.1 Å². The first kappa shape index (κ1) is 15.1. The number of carbonyl (C=O) groups is 2. The quantitative estimate of drug-likeness (QED) is 0.878. The Balaban J connectivity index is 2.13. The highest BCUT2D eigenvalue weighted by molar-refractivity contribution is 7.17. The molecule has 0 fully saturated rings. The van der Waals surface area contributed by atoms with Crippen LogP contribution < -0.4 is 5.32 Å². The summed E-state index contributed by atoms with van der Waals surface area (Å²) in [6.07, 6.45) is 1.50. The maximum atomic E-state index is 12.0. The van der Waals surface area contributed by atoms with Crippen LogP contribution in [0.25, 0.3) is 0 Å². The molecule has 2 rings (SSSR count). The van der Waals surface area contributed by atoms with Gasteiger partial charge in [-0.25, -0.2) is 9.78 Å². The summed E-state index contributed by atoms with van der Waals surface area (Å²) in [5.41, 5.74) is 1.81. The normalized spacial score (nSPS) is 10.2. The summed E-state index contributed by atoms with van der Waals surface area (Å²) in [6, 6.07) is 3.44. The Kier molecular flexibility index (Phi) is 4.64. The van der Waals surface area contributed by atoms with E-state index in [2.05, 4.69) is 15.3 Å². The van der Waals surface area contributed by atoms with Gasteiger partial charge in [-0.2, -0.15) is 0 Å². The van der Waals surface area contributed by atoms with Gasteiger partial charge in [0.05, 0.1) is 17.9 Å². The fraction of sp³-hybridized carbons (Fsp3) is 0.286. The van der Waals surface area contributed by atoms with E-state index in [0.29, 0.717) is 27.9 Å². The van der Waals surface area contributed by atoms with Gasteiger partial charge in [-0.05, 0) is 32.9 Å². The molecular formula is C14H15N3O3S. The van der Waals surface area contributed by atoms with Crippen molar-refractivity contribution >= 4 is 28.3 Å². The van der Waals surface area contributed by atoms with Gasteiger partial charge in [0.25, 0.3) is 5.91 Å². The molecule has 0 bridgehead atoms. The Hall–Kier alpha value is -2.28. The number of aromatic nitrogens is 2. The largest absolute Gasteiger partial charge is 0.462 e. The first-order valence-electron chi connectivity index (χ1n) is 6.39. The molecule has 0 aliphatic rings. The number of anilines is 1. The summed E-state index contributed by atoms with van der Waals surface area (Å²) < 4.78 is 4.93. The predicted octanol–water partition coefficient (Wildman–Crippen LogP) is 2.58. The van der Waals surface area contributed by atoms with Crippen molar-refractivity contribution in [3.05, 3.63) is 40.2 Å². The van der Waals surface area contributed by atoms with E-state index >= 15 is 0 Å².